The van der Waals surface area contributed by atoms with Gasteiger partial charge in [-0.25, -0.2) is 0 Å². The first-order valence-corrected chi connectivity index (χ1v) is 8.10. The monoisotopic (exact) mass is 247 g/mol. The predicted molar refractivity (Wildman–Crippen MR) is 71.2 cm³/mol. The number of likely N-dealkylation sites (tertiary alicyclic amines) is 1. The molecule has 2 heteroatoms. The molecule has 0 aromatic heterocycles. The van der Waals surface area contributed by atoms with E-state index < -0.39 is 0 Å². The molecule has 1 saturated heterocycles. The summed E-state index contributed by atoms with van der Waals surface area (Å²) in [6.45, 7) is 3.59. The second-order valence-electron chi connectivity index (χ2n) is 7.13. The van der Waals surface area contributed by atoms with E-state index in [1.807, 2.05) is 0 Å². The smallest absolute Gasteiger partial charge is 0.140 e. The highest BCUT2D eigenvalue weighted by molar-refractivity contribution is 5.87. The maximum absolute atomic E-state index is 12.6. The summed E-state index contributed by atoms with van der Waals surface area (Å²) in [5.41, 5.74) is 0. The Bertz CT molecular complexity index is 347. The molecule has 4 aliphatic rings. The lowest BCUT2D eigenvalue weighted by molar-refractivity contribution is -0.129. The third kappa shape index (κ3) is 1.61. The molecule has 0 amide bonds. The number of piperidine rings is 1. The summed E-state index contributed by atoms with van der Waals surface area (Å²) in [4.78, 5) is 15.1. The molecule has 2 bridgehead atoms. The lowest BCUT2D eigenvalue weighted by Crippen LogP contribution is -2.42. The maximum Gasteiger partial charge on any atom is 0.140 e. The van der Waals surface area contributed by atoms with Gasteiger partial charge < -0.3 is 4.90 Å². The molecule has 0 spiro atoms. The van der Waals surface area contributed by atoms with E-state index in [2.05, 4.69) is 4.90 Å². The molecule has 3 saturated carbocycles. The average Bonchev–Trinajstić information content (AvgIpc) is 3.04. The van der Waals surface area contributed by atoms with Crippen LogP contribution in [0.5, 0.6) is 0 Å². The van der Waals surface area contributed by atoms with Crippen LogP contribution in [0.2, 0.25) is 0 Å². The molecule has 1 heterocycles. The summed E-state index contributed by atoms with van der Waals surface area (Å²) < 4.78 is 0. The third-order valence-electron chi connectivity index (χ3n) is 6.37. The van der Waals surface area contributed by atoms with Crippen LogP contribution in [0, 0.1) is 29.6 Å². The van der Waals surface area contributed by atoms with Crippen LogP contribution in [0.4, 0.5) is 0 Å². The number of carbonyl (C=O) groups excluding carboxylic acids is 1. The van der Waals surface area contributed by atoms with Crippen LogP contribution < -0.4 is 0 Å². The van der Waals surface area contributed by atoms with Gasteiger partial charge in [0.2, 0.25) is 0 Å². The number of rotatable bonds is 2. The Morgan fingerprint density at radius 2 is 1.72 bits per heavy atom. The summed E-state index contributed by atoms with van der Waals surface area (Å²) in [7, 11) is 0. The zero-order valence-electron chi connectivity index (χ0n) is 11.3. The third-order valence-corrected chi connectivity index (χ3v) is 6.37. The minimum absolute atomic E-state index is 0.424. The van der Waals surface area contributed by atoms with Crippen molar-refractivity contribution in [1.82, 2.24) is 4.90 Å². The van der Waals surface area contributed by atoms with E-state index in [1.165, 1.54) is 58.0 Å². The highest BCUT2D eigenvalue weighted by Crippen LogP contribution is 2.59. The van der Waals surface area contributed by atoms with Crippen LogP contribution in [0.1, 0.15) is 44.9 Å². The quantitative estimate of drug-likeness (QED) is 0.748. The molecule has 4 fully saturated rings. The Balaban J connectivity index is 1.47. The molecule has 18 heavy (non-hydrogen) atoms. The number of fused-ring (bicyclic) bond motifs is 5. The van der Waals surface area contributed by atoms with Crippen LogP contribution in [-0.4, -0.2) is 30.3 Å². The van der Waals surface area contributed by atoms with Gasteiger partial charge in [-0.05, 0) is 62.9 Å². The number of nitrogens with zero attached hydrogens (tertiary/aromatic N) is 1. The van der Waals surface area contributed by atoms with Crippen molar-refractivity contribution in [2.75, 3.05) is 19.6 Å². The molecule has 3 aliphatic carbocycles. The standard InChI is InChI=1S/C16H25NO/c18-16-14-9-13(11-5-4-6-12(11)14)15(16)10-17-7-2-1-3-8-17/h11-15H,1-10H2/t11-,12+,13-,14+,15?/m0/s1. The van der Waals surface area contributed by atoms with Crippen LogP contribution in [0.25, 0.3) is 0 Å². The van der Waals surface area contributed by atoms with Crippen molar-refractivity contribution in [2.24, 2.45) is 29.6 Å². The van der Waals surface area contributed by atoms with Crippen LogP contribution in [0.3, 0.4) is 0 Å². The fraction of sp³-hybridized carbons (Fsp3) is 0.938. The highest BCUT2D eigenvalue weighted by Gasteiger charge is 2.58. The second-order valence-corrected chi connectivity index (χ2v) is 7.13. The van der Waals surface area contributed by atoms with Gasteiger partial charge in [0.25, 0.3) is 0 Å². The fourth-order valence-corrected chi connectivity index (χ4v) is 5.61. The Labute approximate surface area is 110 Å². The minimum Gasteiger partial charge on any atom is -0.303 e. The first-order chi connectivity index (χ1) is 8.84. The maximum atomic E-state index is 12.6. The van der Waals surface area contributed by atoms with Crippen LogP contribution >= 0.6 is 0 Å². The lowest BCUT2D eigenvalue weighted by atomic mass is 9.74. The van der Waals surface area contributed by atoms with Gasteiger partial charge >= 0.3 is 0 Å². The van der Waals surface area contributed by atoms with E-state index in [1.54, 1.807) is 0 Å². The van der Waals surface area contributed by atoms with Crippen molar-refractivity contribution in [3.05, 3.63) is 0 Å². The minimum atomic E-state index is 0.424. The van der Waals surface area contributed by atoms with Gasteiger partial charge in [0.1, 0.15) is 5.78 Å². The SMILES string of the molecule is O=C1C(CN2CCCCC2)[C@H]2C[C@@H]1[C@@H]1CCC[C@@H]12. The number of hydrogen-bond acceptors (Lipinski definition) is 2. The zero-order valence-corrected chi connectivity index (χ0v) is 11.3. The van der Waals surface area contributed by atoms with E-state index in [0.717, 1.165) is 24.3 Å². The molecule has 1 aliphatic heterocycles. The summed E-state index contributed by atoms with van der Waals surface area (Å²) in [6.07, 6.45) is 9.52. The summed E-state index contributed by atoms with van der Waals surface area (Å²) in [5, 5.41) is 0. The summed E-state index contributed by atoms with van der Waals surface area (Å²) in [5.74, 6) is 4.08. The largest absolute Gasteiger partial charge is 0.303 e. The van der Waals surface area contributed by atoms with Crippen molar-refractivity contribution in [3.63, 3.8) is 0 Å². The summed E-state index contributed by atoms with van der Waals surface area (Å²) >= 11 is 0. The fourth-order valence-electron chi connectivity index (χ4n) is 5.61. The normalized spacial score (nSPS) is 47.8. The lowest BCUT2D eigenvalue weighted by Gasteiger charge is -2.35. The Morgan fingerprint density at radius 3 is 2.56 bits per heavy atom. The van der Waals surface area contributed by atoms with Crippen molar-refractivity contribution in [2.45, 2.75) is 44.9 Å². The van der Waals surface area contributed by atoms with Gasteiger partial charge in [0, 0.05) is 18.4 Å². The molecule has 1 unspecified atom stereocenters. The Kier molecular flexibility index (Phi) is 2.76. The average molecular weight is 247 g/mol. The number of ketones is 1. The van der Waals surface area contributed by atoms with Gasteiger partial charge in [-0.15, -0.1) is 0 Å². The Hall–Kier alpha value is -0.370. The number of Topliss-reactive ketones (excluding diaryl/α,β-unsaturated/α-hetero) is 1. The molecular formula is C16H25NO. The van der Waals surface area contributed by atoms with E-state index in [-0.39, 0.29) is 0 Å². The second kappa shape index (κ2) is 4.33. The molecule has 2 nitrogen and oxygen atoms in total. The predicted octanol–water partition coefficient (Wildman–Crippen LogP) is 2.72. The number of hydrogen-bond donors (Lipinski definition) is 0. The van der Waals surface area contributed by atoms with Crippen LogP contribution in [0.15, 0.2) is 0 Å². The van der Waals surface area contributed by atoms with Crippen LogP contribution in [-0.2, 0) is 4.79 Å². The van der Waals surface area contributed by atoms with E-state index in [0.29, 0.717) is 17.6 Å². The molecule has 5 atom stereocenters. The van der Waals surface area contributed by atoms with E-state index >= 15 is 0 Å². The topological polar surface area (TPSA) is 20.3 Å². The van der Waals surface area contributed by atoms with Gasteiger partial charge in [0.15, 0.2) is 0 Å². The molecule has 4 rings (SSSR count). The van der Waals surface area contributed by atoms with Crippen molar-refractivity contribution < 1.29 is 4.79 Å². The molecular weight excluding hydrogens is 222 g/mol. The van der Waals surface area contributed by atoms with E-state index in [9.17, 15) is 4.79 Å². The Morgan fingerprint density at radius 1 is 0.944 bits per heavy atom. The van der Waals surface area contributed by atoms with Gasteiger partial charge in [0.05, 0.1) is 0 Å². The first-order valence-electron chi connectivity index (χ1n) is 8.10. The number of carbonyl (C=O) groups is 1. The van der Waals surface area contributed by atoms with Crippen molar-refractivity contribution in [1.29, 1.82) is 0 Å². The first kappa shape index (κ1) is 11.5. The molecule has 0 radical (unpaired) electrons. The van der Waals surface area contributed by atoms with Crippen molar-refractivity contribution >= 4 is 5.78 Å². The van der Waals surface area contributed by atoms with Crippen molar-refractivity contribution in [3.8, 4) is 0 Å². The summed E-state index contributed by atoms with van der Waals surface area (Å²) in [6, 6.07) is 0. The van der Waals surface area contributed by atoms with Gasteiger partial charge in [-0.2, -0.15) is 0 Å². The molecule has 0 aromatic carbocycles. The highest BCUT2D eigenvalue weighted by atomic mass is 16.1. The van der Waals surface area contributed by atoms with Gasteiger partial charge in [-0.3, -0.25) is 4.79 Å². The molecule has 0 aromatic rings. The molecule has 100 valence electrons. The zero-order chi connectivity index (χ0) is 12.1. The van der Waals surface area contributed by atoms with E-state index in [4.69, 9.17) is 0 Å². The van der Waals surface area contributed by atoms with Gasteiger partial charge in [-0.1, -0.05) is 12.8 Å². The molecule has 0 N–H and O–H groups in total.